The van der Waals surface area contributed by atoms with Crippen LogP contribution >= 0.6 is 0 Å². The van der Waals surface area contributed by atoms with Crippen LogP contribution in [0.1, 0.15) is 31.9 Å². The summed E-state index contributed by atoms with van der Waals surface area (Å²) in [6.45, 7) is 8.72. The molecule has 4 rings (SSSR count). The molecule has 0 N–H and O–H groups in total. The number of hydrogen-bond acceptors (Lipinski definition) is 3. The van der Waals surface area contributed by atoms with Gasteiger partial charge < -0.3 is 4.42 Å². The van der Waals surface area contributed by atoms with E-state index >= 15 is 0 Å². The van der Waals surface area contributed by atoms with Crippen LogP contribution in [0, 0.1) is 6.92 Å². The summed E-state index contributed by atoms with van der Waals surface area (Å²) in [5.74, 6) is 1.06. The number of aryl methyl sites for hydroxylation is 2. The SMILES string of the molecule is Cc1ccc(-c2nnc(-c3ccc(C(C)(C)C)cc3)o2)cc1-c1cccc[n+]1C. The van der Waals surface area contributed by atoms with Crippen LogP contribution < -0.4 is 4.57 Å². The molecule has 0 fully saturated rings. The van der Waals surface area contributed by atoms with Crippen LogP contribution in [0.15, 0.2) is 71.3 Å². The number of rotatable bonds is 3. The molecule has 0 saturated carbocycles. The molecule has 0 radical (unpaired) electrons. The van der Waals surface area contributed by atoms with E-state index in [2.05, 4.69) is 72.8 Å². The van der Waals surface area contributed by atoms with Gasteiger partial charge in [-0.3, -0.25) is 0 Å². The van der Waals surface area contributed by atoms with Gasteiger partial charge in [0.1, 0.15) is 7.05 Å². The molecule has 0 aliphatic rings. The second kappa shape index (κ2) is 7.28. The Morgan fingerprint density at radius 1 is 0.828 bits per heavy atom. The van der Waals surface area contributed by atoms with E-state index in [0.717, 1.165) is 22.4 Å². The van der Waals surface area contributed by atoms with E-state index in [4.69, 9.17) is 4.42 Å². The summed E-state index contributed by atoms with van der Waals surface area (Å²) in [4.78, 5) is 0. The Labute approximate surface area is 171 Å². The first-order valence-corrected chi connectivity index (χ1v) is 9.83. The average Bonchev–Trinajstić information content (AvgIpc) is 3.19. The van der Waals surface area contributed by atoms with Crippen LogP contribution in [-0.4, -0.2) is 10.2 Å². The lowest BCUT2D eigenvalue weighted by atomic mass is 9.87. The number of hydrogen-bond donors (Lipinski definition) is 0. The molecule has 0 aliphatic carbocycles. The van der Waals surface area contributed by atoms with Gasteiger partial charge in [-0.25, -0.2) is 4.57 Å². The quantitative estimate of drug-likeness (QED) is 0.438. The van der Waals surface area contributed by atoms with Crippen molar-refractivity contribution in [2.24, 2.45) is 7.05 Å². The highest BCUT2D eigenvalue weighted by molar-refractivity contribution is 5.69. The van der Waals surface area contributed by atoms with E-state index in [1.807, 2.05) is 43.6 Å². The van der Waals surface area contributed by atoms with Crippen LogP contribution in [0.3, 0.4) is 0 Å². The first-order valence-electron chi connectivity index (χ1n) is 9.83. The van der Waals surface area contributed by atoms with E-state index < -0.39 is 0 Å². The van der Waals surface area contributed by atoms with E-state index in [-0.39, 0.29) is 5.41 Å². The largest absolute Gasteiger partial charge is 0.416 e. The molecule has 0 saturated heterocycles. The fourth-order valence-corrected chi connectivity index (χ4v) is 3.40. The Bertz CT molecular complexity index is 1150. The van der Waals surface area contributed by atoms with Crippen LogP contribution in [0.25, 0.3) is 34.2 Å². The molecular weight excluding hydrogens is 358 g/mol. The lowest BCUT2D eigenvalue weighted by Crippen LogP contribution is -2.30. The summed E-state index contributed by atoms with van der Waals surface area (Å²) >= 11 is 0. The van der Waals surface area contributed by atoms with Crippen molar-refractivity contribution in [3.05, 3.63) is 78.0 Å². The molecule has 29 heavy (non-hydrogen) atoms. The second-order valence-corrected chi connectivity index (χ2v) is 8.47. The fraction of sp³-hybridized carbons (Fsp3) is 0.240. The van der Waals surface area contributed by atoms with Crippen molar-refractivity contribution >= 4 is 0 Å². The molecule has 0 spiro atoms. The van der Waals surface area contributed by atoms with Gasteiger partial charge in [0.05, 0.1) is 0 Å². The lowest BCUT2D eigenvalue weighted by molar-refractivity contribution is -0.660. The van der Waals surface area contributed by atoms with Crippen LogP contribution in [-0.2, 0) is 12.5 Å². The third-order valence-electron chi connectivity index (χ3n) is 5.24. The minimum atomic E-state index is 0.115. The van der Waals surface area contributed by atoms with E-state index in [9.17, 15) is 0 Å². The number of nitrogens with zero attached hydrogens (tertiary/aromatic N) is 3. The predicted octanol–water partition coefficient (Wildman–Crippen LogP) is 5.50. The first-order chi connectivity index (χ1) is 13.8. The van der Waals surface area contributed by atoms with Crippen molar-refractivity contribution in [1.29, 1.82) is 0 Å². The van der Waals surface area contributed by atoms with E-state index in [1.165, 1.54) is 11.1 Å². The molecule has 2 aromatic carbocycles. The smallest absolute Gasteiger partial charge is 0.248 e. The van der Waals surface area contributed by atoms with Gasteiger partial charge in [0.2, 0.25) is 17.5 Å². The molecule has 0 bridgehead atoms. The van der Waals surface area contributed by atoms with Gasteiger partial charge in [0.25, 0.3) is 0 Å². The van der Waals surface area contributed by atoms with Crippen molar-refractivity contribution in [3.8, 4) is 34.2 Å². The summed E-state index contributed by atoms with van der Waals surface area (Å²) in [6.07, 6.45) is 2.05. The van der Waals surface area contributed by atoms with Crippen LogP contribution in [0.5, 0.6) is 0 Å². The zero-order valence-electron chi connectivity index (χ0n) is 17.6. The Kier molecular flexibility index (Phi) is 4.79. The first kappa shape index (κ1) is 19.1. The highest BCUT2D eigenvalue weighted by atomic mass is 16.4. The molecule has 2 aromatic heterocycles. The maximum atomic E-state index is 6.01. The number of pyridine rings is 1. The third-order valence-corrected chi connectivity index (χ3v) is 5.24. The zero-order valence-corrected chi connectivity index (χ0v) is 17.6. The summed E-state index contributed by atoms with van der Waals surface area (Å²) in [5, 5.41) is 8.57. The average molecular weight is 385 g/mol. The maximum absolute atomic E-state index is 6.01. The molecular formula is C25H26N3O+. The second-order valence-electron chi connectivity index (χ2n) is 8.47. The van der Waals surface area contributed by atoms with E-state index in [1.54, 1.807) is 0 Å². The normalized spacial score (nSPS) is 11.6. The monoisotopic (exact) mass is 384 g/mol. The van der Waals surface area contributed by atoms with Crippen molar-refractivity contribution < 1.29 is 8.98 Å². The number of benzene rings is 2. The molecule has 4 nitrogen and oxygen atoms in total. The van der Waals surface area contributed by atoms with Crippen LogP contribution in [0.2, 0.25) is 0 Å². The summed E-state index contributed by atoms with van der Waals surface area (Å²) in [5.41, 5.74) is 6.74. The minimum absolute atomic E-state index is 0.115. The van der Waals surface area contributed by atoms with Gasteiger partial charge in [-0.15, -0.1) is 10.2 Å². The van der Waals surface area contributed by atoms with Crippen LogP contribution in [0.4, 0.5) is 0 Å². The highest BCUT2D eigenvalue weighted by Gasteiger charge is 2.17. The molecule has 0 unspecified atom stereocenters. The van der Waals surface area contributed by atoms with Crippen molar-refractivity contribution in [2.45, 2.75) is 33.1 Å². The highest BCUT2D eigenvalue weighted by Crippen LogP contribution is 2.30. The Morgan fingerprint density at radius 3 is 2.14 bits per heavy atom. The predicted molar refractivity (Wildman–Crippen MR) is 115 cm³/mol. The third kappa shape index (κ3) is 3.83. The van der Waals surface area contributed by atoms with Crippen molar-refractivity contribution in [1.82, 2.24) is 10.2 Å². The Balaban J connectivity index is 1.68. The molecule has 2 heterocycles. The van der Waals surface area contributed by atoms with Gasteiger partial charge in [0.15, 0.2) is 6.20 Å². The summed E-state index contributed by atoms with van der Waals surface area (Å²) in [7, 11) is 2.05. The summed E-state index contributed by atoms with van der Waals surface area (Å²) < 4.78 is 8.13. The minimum Gasteiger partial charge on any atom is -0.416 e. The molecule has 4 aromatic rings. The zero-order chi connectivity index (χ0) is 20.6. The topological polar surface area (TPSA) is 42.8 Å². The molecule has 146 valence electrons. The fourth-order valence-electron chi connectivity index (χ4n) is 3.40. The molecule has 0 amide bonds. The summed E-state index contributed by atoms with van der Waals surface area (Å²) in [6, 6.07) is 20.8. The van der Waals surface area contributed by atoms with Gasteiger partial charge in [0, 0.05) is 28.8 Å². The molecule has 4 heteroatoms. The lowest BCUT2D eigenvalue weighted by Gasteiger charge is -2.18. The van der Waals surface area contributed by atoms with Crippen molar-refractivity contribution in [3.63, 3.8) is 0 Å². The number of aromatic nitrogens is 3. The molecule has 0 aliphatic heterocycles. The van der Waals surface area contributed by atoms with Gasteiger partial charge >= 0.3 is 0 Å². The Hall–Kier alpha value is -3.27. The van der Waals surface area contributed by atoms with Crippen molar-refractivity contribution in [2.75, 3.05) is 0 Å². The maximum Gasteiger partial charge on any atom is 0.248 e. The van der Waals surface area contributed by atoms with Gasteiger partial charge in [-0.05, 0) is 53.8 Å². The van der Waals surface area contributed by atoms with Gasteiger partial charge in [-0.1, -0.05) is 39.0 Å². The van der Waals surface area contributed by atoms with E-state index in [0.29, 0.717) is 11.8 Å². The standard InChI is InChI=1S/C25H26N3O/c1-17-9-10-19(16-21(17)22-8-6-7-15-28(22)5)24-27-26-23(29-24)18-11-13-20(14-12-18)25(2,3)4/h6-16H,1-5H3/q+1. The van der Waals surface area contributed by atoms with Gasteiger partial charge in [-0.2, -0.15) is 0 Å². The Morgan fingerprint density at radius 2 is 1.48 bits per heavy atom. The molecule has 0 atom stereocenters.